The zero-order chi connectivity index (χ0) is 15.8. The molecule has 1 aromatic carbocycles. The summed E-state index contributed by atoms with van der Waals surface area (Å²) in [6.07, 6.45) is 3.61. The number of nitrogens with zero attached hydrogens (tertiary/aromatic N) is 2. The van der Waals surface area contributed by atoms with Crippen molar-refractivity contribution in [3.05, 3.63) is 71.6 Å². The highest BCUT2D eigenvalue weighted by atomic mass is 19.1. The van der Waals surface area contributed by atoms with Gasteiger partial charge in [0.05, 0.1) is 12.5 Å². The zero-order valence-corrected chi connectivity index (χ0v) is 12.2. The van der Waals surface area contributed by atoms with Gasteiger partial charge in [-0.25, -0.2) is 9.07 Å². The molecule has 0 fully saturated rings. The van der Waals surface area contributed by atoms with E-state index in [1.165, 1.54) is 12.1 Å². The Labute approximate surface area is 131 Å². The number of furan rings is 1. The average Bonchev–Trinajstić information content (AvgIpc) is 3.18. The molecule has 116 valence electrons. The minimum absolute atomic E-state index is 0.104. The molecule has 23 heavy (non-hydrogen) atoms. The maximum Gasteiger partial charge on any atom is 0.226 e. The van der Waals surface area contributed by atoms with Crippen molar-refractivity contribution in [1.29, 1.82) is 0 Å². The van der Waals surface area contributed by atoms with Crippen molar-refractivity contribution >= 4 is 11.7 Å². The van der Waals surface area contributed by atoms with Crippen LogP contribution in [0.1, 0.15) is 29.2 Å². The number of fused-ring (bicyclic) bond motifs is 1. The molecule has 4 rings (SSSR count). The van der Waals surface area contributed by atoms with Gasteiger partial charge in [-0.2, -0.15) is 5.10 Å². The summed E-state index contributed by atoms with van der Waals surface area (Å²) in [6, 6.07) is 10.0. The van der Waals surface area contributed by atoms with Crippen molar-refractivity contribution < 1.29 is 13.6 Å². The molecule has 3 aromatic rings. The first kappa shape index (κ1) is 13.8. The molecular formula is C17H14FN3O2. The summed E-state index contributed by atoms with van der Waals surface area (Å²) in [5, 5.41) is 7.21. The van der Waals surface area contributed by atoms with Crippen LogP contribution in [0.2, 0.25) is 0 Å². The maximum atomic E-state index is 13.5. The largest absolute Gasteiger partial charge is 0.467 e. The number of amides is 1. The van der Waals surface area contributed by atoms with Crippen LogP contribution in [0, 0.1) is 5.82 Å². The van der Waals surface area contributed by atoms with Gasteiger partial charge in [0, 0.05) is 17.9 Å². The van der Waals surface area contributed by atoms with Crippen molar-refractivity contribution in [3.8, 4) is 0 Å². The third-order valence-corrected chi connectivity index (χ3v) is 4.03. The molecule has 1 atom stereocenters. The summed E-state index contributed by atoms with van der Waals surface area (Å²) < 4.78 is 20.5. The molecule has 5 nitrogen and oxygen atoms in total. The fourth-order valence-electron chi connectivity index (χ4n) is 2.96. The molecule has 2 aromatic heterocycles. The Morgan fingerprint density at radius 1 is 1.35 bits per heavy atom. The molecule has 0 bridgehead atoms. The van der Waals surface area contributed by atoms with E-state index < -0.39 is 0 Å². The fraction of sp³-hybridized carbons (Fsp3) is 0.176. The van der Waals surface area contributed by atoms with Crippen LogP contribution in [0.3, 0.4) is 0 Å². The van der Waals surface area contributed by atoms with E-state index in [1.807, 2.05) is 12.1 Å². The van der Waals surface area contributed by atoms with Crippen molar-refractivity contribution in [2.75, 3.05) is 5.32 Å². The third kappa shape index (κ3) is 2.52. The lowest BCUT2D eigenvalue weighted by Crippen LogP contribution is -2.25. The van der Waals surface area contributed by atoms with Gasteiger partial charge in [0.15, 0.2) is 0 Å². The first-order valence-corrected chi connectivity index (χ1v) is 7.34. The summed E-state index contributed by atoms with van der Waals surface area (Å²) in [6.45, 7) is 0.429. The van der Waals surface area contributed by atoms with E-state index in [0.717, 1.165) is 16.9 Å². The molecule has 6 heteroatoms. The molecular weight excluding hydrogens is 297 g/mol. The van der Waals surface area contributed by atoms with Crippen LogP contribution < -0.4 is 5.32 Å². The first-order chi connectivity index (χ1) is 11.2. The lowest BCUT2D eigenvalue weighted by Gasteiger charge is -2.23. The van der Waals surface area contributed by atoms with E-state index in [0.29, 0.717) is 12.4 Å². The average molecular weight is 311 g/mol. The number of carbonyl (C=O) groups is 1. The van der Waals surface area contributed by atoms with Crippen LogP contribution >= 0.6 is 0 Å². The van der Waals surface area contributed by atoms with Crippen LogP contribution in [0.4, 0.5) is 10.2 Å². The fourth-order valence-corrected chi connectivity index (χ4v) is 2.96. The summed E-state index contributed by atoms with van der Waals surface area (Å²) in [5.41, 5.74) is 1.67. The van der Waals surface area contributed by atoms with Crippen LogP contribution in [-0.4, -0.2) is 15.7 Å². The number of carbonyl (C=O) groups excluding carboxylic acids is 1. The highest BCUT2D eigenvalue weighted by Gasteiger charge is 2.30. The number of hydrogen-bond acceptors (Lipinski definition) is 3. The van der Waals surface area contributed by atoms with E-state index in [4.69, 9.17) is 4.42 Å². The van der Waals surface area contributed by atoms with Crippen LogP contribution in [-0.2, 0) is 11.3 Å². The molecule has 3 heterocycles. The van der Waals surface area contributed by atoms with Gasteiger partial charge in [0.25, 0.3) is 0 Å². The number of rotatable bonds is 3. The molecule has 0 saturated carbocycles. The van der Waals surface area contributed by atoms with E-state index in [1.54, 1.807) is 29.3 Å². The monoisotopic (exact) mass is 311 g/mol. The summed E-state index contributed by atoms with van der Waals surface area (Å²) >= 11 is 0. The van der Waals surface area contributed by atoms with Crippen molar-refractivity contribution in [2.45, 2.75) is 18.9 Å². The third-order valence-electron chi connectivity index (χ3n) is 4.03. The lowest BCUT2D eigenvalue weighted by atomic mass is 9.87. The maximum absolute atomic E-state index is 13.5. The van der Waals surface area contributed by atoms with Gasteiger partial charge >= 0.3 is 0 Å². The van der Waals surface area contributed by atoms with Gasteiger partial charge in [-0.05, 0) is 29.8 Å². The molecule has 1 aliphatic rings. The minimum atomic E-state index is -0.307. The summed E-state index contributed by atoms with van der Waals surface area (Å²) in [7, 11) is 0. The smallest absolute Gasteiger partial charge is 0.226 e. The van der Waals surface area contributed by atoms with E-state index in [2.05, 4.69) is 10.4 Å². The Bertz CT molecular complexity index is 855. The van der Waals surface area contributed by atoms with Gasteiger partial charge in [-0.3, -0.25) is 4.79 Å². The normalized spacial score (nSPS) is 16.9. The van der Waals surface area contributed by atoms with Gasteiger partial charge < -0.3 is 9.73 Å². The van der Waals surface area contributed by atoms with Gasteiger partial charge in [-0.1, -0.05) is 12.1 Å². The molecule has 0 unspecified atom stereocenters. The number of nitrogens with one attached hydrogen (secondary N) is 1. The van der Waals surface area contributed by atoms with Crippen molar-refractivity contribution in [1.82, 2.24) is 9.78 Å². The van der Waals surface area contributed by atoms with Gasteiger partial charge in [0.2, 0.25) is 5.91 Å². The summed E-state index contributed by atoms with van der Waals surface area (Å²) in [4.78, 5) is 12.1. The number of anilines is 1. The second-order valence-electron chi connectivity index (χ2n) is 5.55. The van der Waals surface area contributed by atoms with E-state index in [9.17, 15) is 9.18 Å². The van der Waals surface area contributed by atoms with Crippen LogP contribution in [0.15, 0.2) is 53.3 Å². The van der Waals surface area contributed by atoms with Crippen LogP contribution in [0.25, 0.3) is 0 Å². The Balaban J connectivity index is 1.73. The molecule has 0 radical (unpaired) electrons. The number of aromatic nitrogens is 2. The first-order valence-electron chi connectivity index (χ1n) is 7.34. The molecule has 1 N–H and O–H groups in total. The standard InChI is InChI=1S/C17H14FN3O2/c18-12-4-1-3-11(7-12)14-8-16(22)20-17-15(14)9-19-21(17)10-13-5-2-6-23-13/h1-7,9,14H,8,10H2,(H,20,22)/t14-/m1/s1. The van der Waals surface area contributed by atoms with Crippen molar-refractivity contribution in [3.63, 3.8) is 0 Å². The lowest BCUT2D eigenvalue weighted by molar-refractivity contribution is -0.116. The molecule has 0 aliphatic carbocycles. The molecule has 0 spiro atoms. The van der Waals surface area contributed by atoms with Crippen LogP contribution in [0.5, 0.6) is 0 Å². The second-order valence-corrected chi connectivity index (χ2v) is 5.55. The molecule has 0 saturated heterocycles. The van der Waals surface area contributed by atoms with Crippen molar-refractivity contribution in [2.24, 2.45) is 0 Å². The highest BCUT2D eigenvalue weighted by Crippen LogP contribution is 2.37. The minimum Gasteiger partial charge on any atom is -0.467 e. The Hall–Kier alpha value is -2.89. The summed E-state index contributed by atoms with van der Waals surface area (Å²) in [5.74, 6) is 0.788. The SMILES string of the molecule is O=C1C[C@H](c2cccc(F)c2)c2cnn(Cc3ccco3)c2N1. The highest BCUT2D eigenvalue weighted by molar-refractivity contribution is 5.94. The van der Waals surface area contributed by atoms with Gasteiger partial charge in [-0.15, -0.1) is 0 Å². The number of benzene rings is 1. The molecule has 1 aliphatic heterocycles. The number of hydrogen-bond donors (Lipinski definition) is 1. The van der Waals surface area contributed by atoms with Gasteiger partial charge in [0.1, 0.15) is 23.9 Å². The number of halogens is 1. The second kappa shape index (κ2) is 5.39. The predicted octanol–water partition coefficient (Wildman–Crippen LogP) is 3.14. The topological polar surface area (TPSA) is 60.1 Å². The Kier molecular flexibility index (Phi) is 3.22. The Morgan fingerprint density at radius 2 is 2.26 bits per heavy atom. The van der Waals surface area contributed by atoms with E-state index in [-0.39, 0.29) is 24.1 Å². The Morgan fingerprint density at radius 3 is 3.04 bits per heavy atom. The molecule has 1 amide bonds. The quantitative estimate of drug-likeness (QED) is 0.808. The zero-order valence-electron chi connectivity index (χ0n) is 12.2. The van der Waals surface area contributed by atoms with E-state index >= 15 is 0 Å². The predicted molar refractivity (Wildman–Crippen MR) is 81.5 cm³/mol.